The summed E-state index contributed by atoms with van der Waals surface area (Å²) in [6.45, 7) is 9.43. The minimum absolute atomic E-state index is 0.188. The first-order valence-corrected chi connectivity index (χ1v) is 12.3. The number of hydrogen-bond donors (Lipinski definition) is 3. The van der Waals surface area contributed by atoms with Crippen LogP contribution in [0, 0.1) is 5.92 Å². The smallest absolute Gasteiger partial charge is 0.273 e. The predicted octanol–water partition coefficient (Wildman–Crippen LogP) is 6.45. The molecule has 0 aromatic heterocycles. The van der Waals surface area contributed by atoms with Crippen molar-refractivity contribution in [3.05, 3.63) is 69.8 Å². The van der Waals surface area contributed by atoms with Gasteiger partial charge in [-0.2, -0.15) is 0 Å². The lowest BCUT2D eigenvalue weighted by Gasteiger charge is -2.24. The molecule has 0 saturated carbocycles. The number of halogens is 1. The second kappa shape index (κ2) is 13.3. The fourth-order valence-electron chi connectivity index (χ4n) is 4.22. The highest BCUT2D eigenvalue weighted by molar-refractivity contribution is 6.47. The van der Waals surface area contributed by atoms with E-state index in [0.29, 0.717) is 11.6 Å². The highest BCUT2D eigenvalue weighted by Gasteiger charge is 2.20. The predicted molar refractivity (Wildman–Crippen MR) is 148 cm³/mol. The lowest BCUT2D eigenvalue weighted by Crippen LogP contribution is -2.22. The van der Waals surface area contributed by atoms with E-state index in [1.807, 2.05) is 44.4 Å². The lowest BCUT2D eigenvalue weighted by molar-refractivity contribution is -0.110. The second-order valence-electron chi connectivity index (χ2n) is 8.98. The number of aliphatic imine (C=N–C) groups is 1. The number of anilines is 2. The number of nitrogens with zero attached hydrogens (tertiary/aromatic N) is 1. The van der Waals surface area contributed by atoms with Crippen LogP contribution in [0.15, 0.2) is 53.0 Å². The molecule has 0 radical (unpaired) electrons. The molecule has 0 saturated heterocycles. The Bertz CT molecular complexity index is 1040. The van der Waals surface area contributed by atoms with Gasteiger partial charge in [0, 0.05) is 43.0 Å². The Morgan fingerprint density at radius 1 is 1.12 bits per heavy atom. The van der Waals surface area contributed by atoms with Crippen LogP contribution in [-0.4, -0.2) is 32.8 Å². The molecule has 5 nitrogen and oxygen atoms in total. The molecule has 2 aromatic rings. The maximum atomic E-state index is 13.1. The van der Waals surface area contributed by atoms with Crippen molar-refractivity contribution in [3.63, 3.8) is 0 Å². The number of carbonyl (C=O) groups is 1. The van der Waals surface area contributed by atoms with E-state index in [1.165, 1.54) is 11.1 Å². The summed E-state index contributed by atoms with van der Waals surface area (Å²) in [6, 6.07) is 12.0. The van der Waals surface area contributed by atoms with Gasteiger partial charge in [0.05, 0.1) is 0 Å². The summed E-state index contributed by atoms with van der Waals surface area (Å²) in [4.78, 5) is 17.4. The van der Waals surface area contributed by atoms with E-state index in [-0.39, 0.29) is 11.8 Å². The van der Waals surface area contributed by atoms with Gasteiger partial charge in [-0.25, -0.2) is 0 Å². The van der Waals surface area contributed by atoms with Crippen LogP contribution in [0.1, 0.15) is 56.7 Å². The van der Waals surface area contributed by atoms with Gasteiger partial charge in [0.15, 0.2) is 0 Å². The van der Waals surface area contributed by atoms with E-state index in [9.17, 15) is 4.79 Å². The van der Waals surface area contributed by atoms with Crippen molar-refractivity contribution in [1.29, 1.82) is 0 Å². The number of aryl methyl sites for hydroxylation is 1. The zero-order valence-corrected chi connectivity index (χ0v) is 22.3. The first-order chi connectivity index (χ1) is 16.2. The minimum atomic E-state index is -0.222. The number of hydrogen-bond acceptors (Lipinski definition) is 4. The third-order valence-corrected chi connectivity index (χ3v) is 6.20. The minimum Gasteiger partial charge on any atom is -0.388 e. The maximum Gasteiger partial charge on any atom is 0.273 e. The molecular formula is C28H39ClN4O. The largest absolute Gasteiger partial charge is 0.388 e. The van der Waals surface area contributed by atoms with Crippen LogP contribution in [0.5, 0.6) is 0 Å². The quantitative estimate of drug-likeness (QED) is 0.322. The lowest BCUT2D eigenvalue weighted by atomic mass is 9.81. The third-order valence-electron chi connectivity index (χ3n) is 5.96. The summed E-state index contributed by atoms with van der Waals surface area (Å²) >= 11 is 6.27. The molecule has 0 aliphatic carbocycles. The van der Waals surface area contributed by atoms with Crippen molar-refractivity contribution in [2.24, 2.45) is 10.9 Å². The fraction of sp³-hybridized carbons (Fsp3) is 0.429. The number of allylic oxidation sites excluding steroid dienone is 1. The molecule has 1 atom stereocenters. The van der Waals surface area contributed by atoms with E-state index in [4.69, 9.17) is 11.6 Å². The Morgan fingerprint density at radius 2 is 1.85 bits per heavy atom. The van der Waals surface area contributed by atoms with Gasteiger partial charge in [0.25, 0.3) is 5.91 Å². The topological polar surface area (TPSA) is 65.5 Å². The van der Waals surface area contributed by atoms with Crippen LogP contribution in [0.3, 0.4) is 0 Å². The van der Waals surface area contributed by atoms with Crippen molar-refractivity contribution in [2.45, 2.75) is 53.0 Å². The third kappa shape index (κ3) is 7.44. The summed E-state index contributed by atoms with van der Waals surface area (Å²) < 4.78 is 0. The van der Waals surface area contributed by atoms with Gasteiger partial charge in [-0.3, -0.25) is 9.79 Å². The number of amides is 1. The highest BCUT2D eigenvalue weighted by Crippen LogP contribution is 2.34. The first-order valence-electron chi connectivity index (χ1n) is 11.9. The molecule has 6 heteroatoms. The molecule has 0 aliphatic heterocycles. The zero-order chi connectivity index (χ0) is 25.3. The molecule has 2 rings (SSSR count). The number of benzene rings is 2. The molecule has 0 heterocycles. The van der Waals surface area contributed by atoms with Crippen LogP contribution < -0.4 is 16.0 Å². The van der Waals surface area contributed by atoms with Gasteiger partial charge in [-0.05, 0) is 79.8 Å². The van der Waals surface area contributed by atoms with Crippen molar-refractivity contribution in [3.8, 4) is 0 Å². The number of nitrogens with one attached hydrogen (secondary N) is 3. The average Bonchev–Trinajstić information content (AvgIpc) is 2.81. The van der Waals surface area contributed by atoms with Gasteiger partial charge >= 0.3 is 0 Å². The number of carbonyl (C=O) groups excluding carboxylic acids is 1. The molecule has 0 bridgehead atoms. The van der Waals surface area contributed by atoms with Crippen molar-refractivity contribution in [2.75, 3.05) is 31.8 Å². The standard InChI is InChI=1S/C28H39ClN4O/c1-8-20-15-22(29)10-12-24(20)25(13-18(2)3)19(4)14-27(32-7)28(34)33-23-11-9-21(17-30-5)26(16-23)31-6/h9-12,14-16,18,25,30-31H,8,13,17H2,1-7H3,(H,33,34)/b19-14+,32-27?. The van der Waals surface area contributed by atoms with Gasteiger partial charge < -0.3 is 16.0 Å². The SMILES string of the molecule is CCc1cc(Cl)ccc1C(CC(C)C)/C(C)=C/C(=NC)C(=O)Nc1ccc(CNC)c(NC)c1. The molecule has 184 valence electrons. The van der Waals surface area contributed by atoms with Gasteiger partial charge in [0.1, 0.15) is 5.71 Å². The Morgan fingerprint density at radius 3 is 2.44 bits per heavy atom. The van der Waals surface area contributed by atoms with E-state index in [2.05, 4.69) is 60.8 Å². The van der Waals surface area contributed by atoms with E-state index < -0.39 is 0 Å². The van der Waals surface area contributed by atoms with Crippen LogP contribution in [0.2, 0.25) is 5.02 Å². The van der Waals surface area contributed by atoms with E-state index in [1.54, 1.807) is 7.05 Å². The monoisotopic (exact) mass is 482 g/mol. The molecule has 1 amide bonds. The zero-order valence-electron chi connectivity index (χ0n) is 21.6. The normalized spacial score (nSPS) is 13.2. The Hall–Kier alpha value is -2.63. The average molecular weight is 483 g/mol. The van der Waals surface area contributed by atoms with E-state index >= 15 is 0 Å². The molecule has 34 heavy (non-hydrogen) atoms. The first kappa shape index (κ1) is 27.6. The summed E-state index contributed by atoms with van der Waals surface area (Å²) in [5.74, 6) is 0.467. The highest BCUT2D eigenvalue weighted by atomic mass is 35.5. The van der Waals surface area contributed by atoms with Crippen LogP contribution >= 0.6 is 11.6 Å². The molecule has 3 N–H and O–H groups in total. The molecule has 0 aliphatic rings. The van der Waals surface area contributed by atoms with Crippen LogP contribution in [0.4, 0.5) is 11.4 Å². The Kier molecular flexibility index (Phi) is 10.8. The molecule has 1 unspecified atom stereocenters. The second-order valence-corrected chi connectivity index (χ2v) is 9.42. The summed E-state index contributed by atoms with van der Waals surface area (Å²) in [6.07, 6.45) is 3.81. The Balaban J connectivity index is 2.33. The fourth-order valence-corrected chi connectivity index (χ4v) is 4.42. The van der Waals surface area contributed by atoms with Crippen LogP contribution in [0.25, 0.3) is 0 Å². The van der Waals surface area contributed by atoms with Crippen LogP contribution in [-0.2, 0) is 17.8 Å². The summed E-state index contributed by atoms with van der Waals surface area (Å²) in [5, 5.41) is 10.1. The molecular weight excluding hydrogens is 444 g/mol. The van der Waals surface area contributed by atoms with Gasteiger partial charge in [-0.1, -0.05) is 50.1 Å². The molecule has 0 spiro atoms. The van der Waals surface area contributed by atoms with Crippen molar-refractivity contribution < 1.29 is 4.79 Å². The molecule has 2 aromatic carbocycles. The van der Waals surface area contributed by atoms with Crippen molar-refractivity contribution >= 4 is 34.6 Å². The van der Waals surface area contributed by atoms with Gasteiger partial charge in [-0.15, -0.1) is 0 Å². The number of rotatable bonds is 11. The summed E-state index contributed by atoms with van der Waals surface area (Å²) in [5.41, 5.74) is 6.86. The van der Waals surface area contributed by atoms with E-state index in [0.717, 1.165) is 46.9 Å². The van der Waals surface area contributed by atoms with Gasteiger partial charge in [0.2, 0.25) is 0 Å². The summed E-state index contributed by atoms with van der Waals surface area (Å²) in [7, 11) is 5.44. The maximum absolute atomic E-state index is 13.1. The Labute approximate surface area is 210 Å². The molecule has 0 fully saturated rings. The van der Waals surface area contributed by atoms with Crippen molar-refractivity contribution in [1.82, 2.24) is 5.32 Å².